The van der Waals surface area contributed by atoms with E-state index in [0.717, 1.165) is 0 Å². The Morgan fingerprint density at radius 1 is 1.19 bits per heavy atom. The average molecular weight is 604 g/mol. The minimum absolute atomic E-state index is 0.0901. The summed E-state index contributed by atoms with van der Waals surface area (Å²) in [6.07, 6.45) is -1.28. The number of nitrogens with one attached hydrogen (secondary N) is 1. The summed E-state index contributed by atoms with van der Waals surface area (Å²) >= 11 is 9.47. The Balaban J connectivity index is 1.60. The molecule has 0 aliphatic carbocycles. The number of halogens is 2. The van der Waals surface area contributed by atoms with Crippen LogP contribution in [-0.4, -0.2) is 69.2 Å². The molecule has 2 fully saturated rings. The van der Waals surface area contributed by atoms with Crippen LogP contribution in [-0.2, 0) is 23.4 Å². The zero-order chi connectivity index (χ0) is 26.9. The molecule has 0 radical (unpaired) electrons. The molecule has 1 N–H and O–H groups in total. The highest BCUT2D eigenvalue weighted by molar-refractivity contribution is 9.10. The molecule has 36 heavy (non-hydrogen) atoms. The molecule has 0 unspecified atom stereocenters. The standard InChI is InChI=1S/C25H36BrClN2O6Si/c1-24(2,3)34-23(30)29-17-12-15(27)22(26)28-16(17)10-9-11-31-18-13-32-21-19(14-33-20(18)21)35-36(7,8)25(4,5)6/h12,18-21H,11,13-14H2,1-8H3,(H,29,30)/t18-,19-,20-,21-/m1/s1. The summed E-state index contributed by atoms with van der Waals surface area (Å²) in [5.41, 5.74) is 0.0365. The van der Waals surface area contributed by atoms with Crippen LogP contribution < -0.4 is 5.32 Å². The predicted molar refractivity (Wildman–Crippen MR) is 145 cm³/mol. The summed E-state index contributed by atoms with van der Waals surface area (Å²) in [7, 11) is -1.94. The third-order valence-corrected chi connectivity index (χ3v) is 12.0. The first-order valence-corrected chi connectivity index (χ1v) is 16.0. The van der Waals surface area contributed by atoms with Gasteiger partial charge in [0, 0.05) is 0 Å². The van der Waals surface area contributed by atoms with E-state index in [2.05, 4.69) is 71.9 Å². The zero-order valence-electron chi connectivity index (χ0n) is 22.2. The second kappa shape index (κ2) is 11.3. The lowest BCUT2D eigenvalue weighted by Crippen LogP contribution is -2.47. The van der Waals surface area contributed by atoms with Crippen molar-refractivity contribution < 1.29 is 28.2 Å². The van der Waals surface area contributed by atoms with Gasteiger partial charge in [-0.05, 0) is 66.8 Å². The molecule has 200 valence electrons. The molecular weight excluding hydrogens is 568 g/mol. The maximum atomic E-state index is 12.2. The van der Waals surface area contributed by atoms with Gasteiger partial charge < -0.3 is 23.4 Å². The van der Waals surface area contributed by atoms with Crippen LogP contribution in [0.3, 0.4) is 0 Å². The van der Waals surface area contributed by atoms with Crippen LogP contribution in [0.1, 0.15) is 47.2 Å². The lowest BCUT2D eigenvalue weighted by molar-refractivity contribution is -0.0252. The SMILES string of the molecule is CC(C)(C)OC(=O)Nc1cc(Cl)c(Br)nc1C#CCO[C@@H]1CO[C@H]2[C@@H]1OC[C@H]2O[Si](C)(C)C(C)(C)C. The molecule has 0 bridgehead atoms. The summed E-state index contributed by atoms with van der Waals surface area (Å²) in [6, 6.07) is 1.57. The molecule has 11 heteroatoms. The Morgan fingerprint density at radius 3 is 2.42 bits per heavy atom. The van der Waals surface area contributed by atoms with Crippen molar-refractivity contribution in [2.45, 2.75) is 89.7 Å². The zero-order valence-corrected chi connectivity index (χ0v) is 25.5. The van der Waals surface area contributed by atoms with Crippen molar-refractivity contribution in [3.63, 3.8) is 0 Å². The lowest BCUT2D eigenvalue weighted by Gasteiger charge is -2.39. The first-order valence-electron chi connectivity index (χ1n) is 11.9. The fourth-order valence-electron chi connectivity index (χ4n) is 3.57. The number of ether oxygens (including phenoxy) is 4. The highest BCUT2D eigenvalue weighted by atomic mass is 79.9. The van der Waals surface area contributed by atoms with Crippen molar-refractivity contribution >= 4 is 47.6 Å². The van der Waals surface area contributed by atoms with Crippen molar-refractivity contribution in [2.24, 2.45) is 0 Å². The van der Waals surface area contributed by atoms with E-state index in [1.165, 1.54) is 0 Å². The molecule has 3 rings (SSSR count). The summed E-state index contributed by atoms with van der Waals surface area (Å²) in [6.45, 7) is 17.5. The van der Waals surface area contributed by atoms with Crippen LogP contribution in [0.4, 0.5) is 10.5 Å². The van der Waals surface area contributed by atoms with Gasteiger partial charge in [-0.2, -0.15) is 0 Å². The van der Waals surface area contributed by atoms with E-state index in [9.17, 15) is 4.79 Å². The number of nitrogens with zero attached hydrogens (tertiary/aromatic N) is 1. The number of hydrogen-bond acceptors (Lipinski definition) is 7. The maximum absolute atomic E-state index is 12.2. The number of fused-ring (bicyclic) bond motifs is 1. The van der Waals surface area contributed by atoms with Crippen LogP contribution in [0, 0.1) is 11.8 Å². The molecule has 2 saturated heterocycles. The molecule has 0 aromatic carbocycles. The van der Waals surface area contributed by atoms with Crippen molar-refractivity contribution in [3.05, 3.63) is 21.4 Å². The van der Waals surface area contributed by atoms with Crippen molar-refractivity contribution in [1.82, 2.24) is 4.98 Å². The monoisotopic (exact) mass is 602 g/mol. The molecule has 0 saturated carbocycles. The Bertz CT molecular complexity index is 1030. The fourth-order valence-corrected chi connectivity index (χ4v) is 5.32. The highest BCUT2D eigenvalue weighted by Gasteiger charge is 2.51. The van der Waals surface area contributed by atoms with E-state index >= 15 is 0 Å². The van der Waals surface area contributed by atoms with Gasteiger partial charge in [0.1, 0.15) is 40.8 Å². The molecule has 4 atom stereocenters. The molecular formula is C25H36BrClN2O6Si. The average Bonchev–Trinajstić information content (AvgIpc) is 3.29. The molecule has 1 amide bonds. The largest absolute Gasteiger partial charge is 0.444 e. The molecule has 2 aliphatic rings. The van der Waals surface area contributed by atoms with Gasteiger partial charge in [0.05, 0.1) is 30.0 Å². The molecule has 3 heterocycles. The van der Waals surface area contributed by atoms with Crippen molar-refractivity contribution in [2.75, 3.05) is 25.1 Å². The quantitative estimate of drug-likeness (QED) is 0.260. The van der Waals surface area contributed by atoms with E-state index in [-0.39, 0.29) is 36.1 Å². The Morgan fingerprint density at radius 2 is 1.81 bits per heavy atom. The van der Waals surface area contributed by atoms with Gasteiger partial charge in [0.15, 0.2) is 8.32 Å². The van der Waals surface area contributed by atoms with E-state index in [4.69, 9.17) is 35.0 Å². The maximum Gasteiger partial charge on any atom is 0.412 e. The minimum Gasteiger partial charge on any atom is -0.444 e. The van der Waals surface area contributed by atoms with Gasteiger partial charge in [-0.3, -0.25) is 5.32 Å². The van der Waals surface area contributed by atoms with Crippen LogP contribution in [0.25, 0.3) is 0 Å². The molecule has 8 nitrogen and oxygen atoms in total. The predicted octanol–water partition coefficient (Wildman–Crippen LogP) is 5.77. The smallest absolute Gasteiger partial charge is 0.412 e. The second-order valence-corrected chi connectivity index (χ2v) is 17.4. The lowest BCUT2D eigenvalue weighted by atomic mass is 10.1. The topological polar surface area (TPSA) is 88.1 Å². The first-order chi connectivity index (χ1) is 16.6. The van der Waals surface area contributed by atoms with Crippen LogP contribution in [0.5, 0.6) is 0 Å². The summed E-state index contributed by atoms with van der Waals surface area (Å²) in [5.74, 6) is 5.90. The third kappa shape index (κ3) is 7.44. The molecule has 1 aromatic heterocycles. The van der Waals surface area contributed by atoms with Crippen LogP contribution >= 0.6 is 27.5 Å². The van der Waals surface area contributed by atoms with Gasteiger partial charge >= 0.3 is 6.09 Å². The number of anilines is 1. The second-order valence-electron chi connectivity index (χ2n) is 11.4. The first kappa shape index (κ1) is 29.4. The number of hydrogen-bond donors (Lipinski definition) is 1. The van der Waals surface area contributed by atoms with Crippen molar-refractivity contribution in [3.8, 4) is 11.8 Å². The number of rotatable bonds is 5. The van der Waals surface area contributed by atoms with E-state index in [1.807, 2.05) is 0 Å². The van der Waals surface area contributed by atoms with Crippen LogP contribution in [0.15, 0.2) is 10.7 Å². The molecule has 0 spiro atoms. The Kier molecular flexibility index (Phi) is 9.20. The number of carbonyl (C=O) groups is 1. The van der Waals surface area contributed by atoms with Gasteiger partial charge in [0.2, 0.25) is 0 Å². The Hall–Kier alpha value is -1.19. The van der Waals surface area contributed by atoms with E-state index < -0.39 is 20.0 Å². The summed E-state index contributed by atoms with van der Waals surface area (Å²) in [4.78, 5) is 16.6. The normalized spacial score (nSPS) is 24.2. The number of pyridine rings is 1. The van der Waals surface area contributed by atoms with Crippen LogP contribution in [0.2, 0.25) is 23.2 Å². The number of amides is 1. The fraction of sp³-hybridized carbons (Fsp3) is 0.680. The van der Waals surface area contributed by atoms with Gasteiger partial charge in [-0.1, -0.05) is 38.3 Å². The highest BCUT2D eigenvalue weighted by Crippen LogP contribution is 2.40. The molecule has 1 aromatic rings. The number of aromatic nitrogens is 1. The van der Waals surface area contributed by atoms with Gasteiger partial charge in [-0.15, -0.1) is 0 Å². The minimum atomic E-state index is -1.94. The summed E-state index contributed by atoms with van der Waals surface area (Å²) < 4.78 is 30.3. The molecule has 2 aliphatic heterocycles. The van der Waals surface area contributed by atoms with Gasteiger partial charge in [0.25, 0.3) is 0 Å². The third-order valence-electron chi connectivity index (χ3n) is 6.36. The summed E-state index contributed by atoms with van der Waals surface area (Å²) in [5, 5.41) is 3.10. The van der Waals surface area contributed by atoms with E-state index in [0.29, 0.717) is 34.2 Å². The van der Waals surface area contributed by atoms with Gasteiger partial charge in [-0.25, -0.2) is 9.78 Å². The van der Waals surface area contributed by atoms with Crippen molar-refractivity contribution in [1.29, 1.82) is 0 Å². The Labute approximate surface area is 228 Å². The number of carbonyl (C=O) groups excluding carboxylic acids is 1. The van der Waals surface area contributed by atoms with E-state index in [1.54, 1.807) is 26.8 Å².